The van der Waals surface area contributed by atoms with Crippen LogP contribution in [0.1, 0.15) is 51.5 Å². The van der Waals surface area contributed by atoms with E-state index in [9.17, 15) is 14.4 Å². The molecule has 10 heteroatoms. The van der Waals surface area contributed by atoms with Crippen LogP contribution in [0.2, 0.25) is 0 Å². The van der Waals surface area contributed by atoms with Gasteiger partial charge >= 0.3 is 12.1 Å². The molecule has 1 saturated carbocycles. The molecule has 2 fully saturated rings. The van der Waals surface area contributed by atoms with Gasteiger partial charge in [-0.2, -0.15) is 0 Å². The predicted octanol–water partition coefficient (Wildman–Crippen LogP) is 1.46. The molecule has 5 atom stereocenters. The minimum atomic E-state index is -1.06. The summed E-state index contributed by atoms with van der Waals surface area (Å²) in [5, 5.41) is 24.6. The van der Waals surface area contributed by atoms with Gasteiger partial charge in [-0.25, -0.2) is 4.79 Å². The number of aliphatic hydroxyl groups excluding tert-OH is 2. The molecule has 3 rings (SSSR count). The Morgan fingerprint density at radius 1 is 1.19 bits per heavy atom. The smallest absolute Gasteiger partial charge is 0.465 e. The zero-order valence-corrected chi connectivity index (χ0v) is 21.0. The second kappa shape index (κ2) is 13.1. The first kappa shape index (κ1) is 28.0. The van der Waals surface area contributed by atoms with E-state index in [0.29, 0.717) is 25.7 Å². The van der Waals surface area contributed by atoms with Crippen LogP contribution < -0.4 is 10.6 Å². The molecule has 1 heterocycles. The van der Waals surface area contributed by atoms with Crippen LogP contribution in [0, 0.1) is 5.92 Å². The molecule has 0 unspecified atom stereocenters. The number of aryl methyl sites for hydroxylation is 1. The number of hydrogen-bond donors (Lipinski definition) is 4. The van der Waals surface area contributed by atoms with E-state index in [0.717, 1.165) is 18.4 Å². The van der Waals surface area contributed by atoms with Gasteiger partial charge in [-0.05, 0) is 51.0 Å². The van der Waals surface area contributed by atoms with E-state index < -0.39 is 49.3 Å². The highest BCUT2D eigenvalue weighted by atomic mass is 16.7. The number of Topliss-reactive ketones (excluding diaryl/α,β-unsaturated/α-hetero) is 1. The molecule has 1 saturated heterocycles. The lowest BCUT2D eigenvalue weighted by Gasteiger charge is -2.33. The molecule has 200 valence electrons. The van der Waals surface area contributed by atoms with Crippen molar-refractivity contribution in [3.05, 3.63) is 35.9 Å². The lowest BCUT2D eigenvalue weighted by atomic mass is 9.82. The lowest BCUT2D eigenvalue weighted by molar-refractivity contribution is -0.146. The number of aliphatic hydroxyl groups is 2. The van der Waals surface area contributed by atoms with Gasteiger partial charge in [0.15, 0.2) is 18.1 Å². The first-order valence-electron chi connectivity index (χ1n) is 12.7. The molecule has 0 bridgehead atoms. The maximum Gasteiger partial charge on any atom is 0.510 e. The van der Waals surface area contributed by atoms with Crippen LogP contribution >= 0.6 is 0 Å². The van der Waals surface area contributed by atoms with Gasteiger partial charge < -0.3 is 24.4 Å². The molecule has 1 aliphatic heterocycles. The highest BCUT2D eigenvalue weighted by Crippen LogP contribution is 2.45. The van der Waals surface area contributed by atoms with Crippen LogP contribution in [0.15, 0.2) is 30.3 Å². The van der Waals surface area contributed by atoms with Gasteiger partial charge in [0.1, 0.15) is 6.04 Å². The normalized spacial score (nSPS) is 24.7. The molecule has 4 N–H and O–H groups in total. The van der Waals surface area contributed by atoms with Crippen molar-refractivity contribution in [3.8, 4) is 0 Å². The van der Waals surface area contributed by atoms with Crippen LogP contribution in [0.25, 0.3) is 0 Å². The summed E-state index contributed by atoms with van der Waals surface area (Å²) in [6.45, 7) is 2.70. The minimum absolute atomic E-state index is 0.0242. The third-order valence-electron chi connectivity index (χ3n) is 7.07. The summed E-state index contributed by atoms with van der Waals surface area (Å²) < 4.78 is 15.5. The Labute approximate surface area is 211 Å². The van der Waals surface area contributed by atoms with Crippen molar-refractivity contribution in [2.75, 3.05) is 19.8 Å². The molecule has 10 nitrogen and oxygen atoms in total. The fraction of sp³-hybridized carbons (Fsp3) is 0.654. The standard InChI is InChI=1S/C26H38N2O8/c1-3-34-24(32)21(12-11-18-8-5-4-6-9-18)27-17(2)23(31)26-13-7-10-19(26)14-22(28-26)36-25(33)35-20(15-29)16-30/h4-6,8-9,17,19-22,27-30H,3,7,10-16H2,1-2H3/t17-,19-,21-,22-,26-/m0/s1. The van der Waals surface area contributed by atoms with Gasteiger partial charge in [0, 0.05) is 6.42 Å². The van der Waals surface area contributed by atoms with Crippen molar-refractivity contribution < 1.29 is 38.8 Å². The predicted molar refractivity (Wildman–Crippen MR) is 130 cm³/mol. The Morgan fingerprint density at radius 2 is 1.92 bits per heavy atom. The van der Waals surface area contributed by atoms with E-state index in [2.05, 4.69) is 10.6 Å². The number of fused-ring (bicyclic) bond motifs is 1. The van der Waals surface area contributed by atoms with Gasteiger partial charge in [0.25, 0.3) is 0 Å². The van der Waals surface area contributed by atoms with Gasteiger partial charge in [0.2, 0.25) is 0 Å². The first-order chi connectivity index (χ1) is 17.3. The monoisotopic (exact) mass is 506 g/mol. The largest absolute Gasteiger partial charge is 0.510 e. The fourth-order valence-corrected chi connectivity index (χ4v) is 5.31. The van der Waals surface area contributed by atoms with E-state index in [1.54, 1.807) is 13.8 Å². The van der Waals surface area contributed by atoms with Crippen LogP contribution in [-0.2, 0) is 30.2 Å². The molecular formula is C26H38N2O8. The van der Waals surface area contributed by atoms with E-state index in [-0.39, 0.29) is 24.3 Å². The van der Waals surface area contributed by atoms with E-state index in [1.165, 1.54) is 0 Å². The highest BCUT2D eigenvalue weighted by molar-refractivity contribution is 5.94. The van der Waals surface area contributed by atoms with Crippen LogP contribution in [0.5, 0.6) is 0 Å². The van der Waals surface area contributed by atoms with Crippen molar-refractivity contribution in [1.82, 2.24) is 10.6 Å². The Kier molecular flexibility index (Phi) is 10.2. The minimum Gasteiger partial charge on any atom is -0.465 e. The zero-order valence-electron chi connectivity index (χ0n) is 21.0. The number of nitrogens with one attached hydrogen (secondary N) is 2. The third-order valence-corrected chi connectivity index (χ3v) is 7.07. The Morgan fingerprint density at radius 3 is 2.58 bits per heavy atom. The molecule has 36 heavy (non-hydrogen) atoms. The first-order valence-corrected chi connectivity index (χ1v) is 12.7. The molecule has 0 spiro atoms. The molecule has 1 aromatic rings. The van der Waals surface area contributed by atoms with Crippen molar-refractivity contribution in [2.24, 2.45) is 5.92 Å². The summed E-state index contributed by atoms with van der Waals surface area (Å²) in [6, 6.07) is 8.54. The number of esters is 1. The third kappa shape index (κ3) is 6.82. The Bertz CT molecular complexity index is 878. The van der Waals surface area contributed by atoms with Crippen molar-refractivity contribution in [3.63, 3.8) is 0 Å². The number of ether oxygens (including phenoxy) is 3. The molecule has 0 amide bonds. The Balaban J connectivity index is 1.64. The Hall–Kier alpha value is -2.53. The zero-order chi connectivity index (χ0) is 26.1. The summed E-state index contributed by atoms with van der Waals surface area (Å²) in [7, 11) is 0. The van der Waals surface area contributed by atoms with E-state index in [1.807, 2.05) is 30.3 Å². The van der Waals surface area contributed by atoms with Gasteiger partial charge in [-0.3, -0.25) is 20.2 Å². The average molecular weight is 507 g/mol. The van der Waals surface area contributed by atoms with Gasteiger partial charge in [-0.15, -0.1) is 0 Å². The SMILES string of the molecule is CCOC(=O)[C@H](CCc1ccccc1)N[C@@H](C)C(=O)[C@]12CCC[C@H]1C[C@H](OC(=O)OC(CO)CO)N2. The van der Waals surface area contributed by atoms with Crippen molar-refractivity contribution in [1.29, 1.82) is 0 Å². The number of benzene rings is 1. The topological polar surface area (TPSA) is 143 Å². The lowest BCUT2D eigenvalue weighted by Crippen LogP contribution is -2.59. The van der Waals surface area contributed by atoms with Crippen molar-refractivity contribution >= 4 is 17.9 Å². The summed E-state index contributed by atoms with van der Waals surface area (Å²) >= 11 is 0. The second-order valence-electron chi connectivity index (χ2n) is 9.48. The molecule has 1 aromatic carbocycles. The summed E-state index contributed by atoms with van der Waals surface area (Å²) in [6.07, 6.45) is 1.06. The quantitative estimate of drug-likeness (QED) is 0.290. The number of carbonyl (C=O) groups excluding carboxylic acids is 3. The summed E-state index contributed by atoms with van der Waals surface area (Å²) in [5.74, 6) is -0.495. The average Bonchev–Trinajstić information content (AvgIpc) is 3.43. The van der Waals surface area contributed by atoms with Gasteiger partial charge in [0.05, 0.1) is 31.4 Å². The highest BCUT2D eigenvalue weighted by Gasteiger charge is 2.56. The molecule has 1 aliphatic carbocycles. The molecule has 0 aromatic heterocycles. The van der Waals surface area contributed by atoms with E-state index in [4.69, 9.17) is 24.4 Å². The number of carbonyl (C=O) groups is 3. The number of rotatable bonds is 13. The summed E-state index contributed by atoms with van der Waals surface area (Å²) in [4.78, 5) is 38.5. The van der Waals surface area contributed by atoms with E-state index >= 15 is 0 Å². The van der Waals surface area contributed by atoms with Crippen LogP contribution in [0.3, 0.4) is 0 Å². The van der Waals surface area contributed by atoms with Crippen molar-refractivity contribution in [2.45, 2.75) is 82.3 Å². The van der Waals surface area contributed by atoms with Crippen LogP contribution in [0.4, 0.5) is 4.79 Å². The summed E-state index contributed by atoms with van der Waals surface area (Å²) in [5.41, 5.74) is 0.222. The molecule has 2 aliphatic rings. The molecular weight excluding hydrogens is 468 g/mol. The maximum atomic E-state index is 13.7. The molecule has 0 radical (unpaired) electrons. The second-order valence-corrected chi connectivity index (χ2v) is 9.48. The van der Waals surface area contributed by atoms with Gasteiger partial charge in [-0.1, -0.05) is 36.8 Å². The van der Waals surface area contributed by atoms with Crippen LogP contribution in [-0.4, -0.2) is 77.9 Å². The number of hydrogen-bond acceptors (Lipinski definition) is 10. The fourth-order valence-electron chi connectivity index (χ4n) is 5.31. The maximum absolute atomic E-state index is 13.7. The number of ketones is 1.